The smallest absolute Gasteiger partial charge is 0.335 e. The Labute approximate surface area is 190 Å². The Morgan fingerprint density at radius 2 is 1.90 bits per heavy atom. The van der Waals surface area contributed by atoms with Gasteiger partial charge in [-0.1, -0.05) is 47.7 Å². The first-order chi connectivity index (χ1) is 14.8. The molecule has 158 valence electrons. The van der Waals surface area contributed by atoms with E-state index in [4.69, 9.17) is 9.52 Å². The Morgan fingerprint density at radius 1 is 1.16 bits per heavy atom. The van der Waals surface area contributed by atoms with Gasteiger partial charge in [-0.05, 0) is 49.2 Å². The lowest BCUT2D eigenvalue weighted by molar-refractivity contribution is -0.125. The molecule has 4 rings (SSSR count). The van der Waals surface area contributed by atoms with E-state index in [9.17, 15) is 9.59 Å². The van der Waals surface area contributed by atoms with Gasteiger partial charge in [-0.15, -0.1) is 12.6 Å². The number of aryl methyl sites for hydroxylation is 2. The van der Waals surface area contributed by atoms with E-state index in [0.717, 1.165) is 16.7 Å². The molecule has 1 unspecified atom stereocenters. The molecular formula is C24H21NO4S2. The summed E-state index contributed by atoms with van der Waals surface area (Å²) >= 11 is 5.99. The number of nitrogens with zero attached hydrogens (tertiary/aromatic N) is 1. The molecular weight excluding hydrogens is 430 g/mol. The van der Waals surface area contributed by atoms with Crippen molar-refractivity contribution < 1.29 is 19.1 Å². The maximum absolute atomic E-state index is 13.0. The van der Waals surface area contributed by atoms with Gasteiger partial charge in [0.25, 0.3) is 5.91 Å². The standard InChI is InChI=1S/C24H21NO4S2/c1-14-3-4-18(15(2)11-14)13-25-22(26)21(31-24(25)30)12-19-9-10-20(29-19)16-5-7-17(8-6-16)23(27)28/h3-12,24,30H,13H2,1-2H3,(H,27,28)/b21-12-. The summed E-state index contributed by atoms with van der Waals surface area (Å²) in [6, 6.07) is 16.3. The van der Waals surface area contributed by atoms with Crippen LogP contribution >= 0.6 is 24.4 Å². The second kappa shape index (κ2) is 8.69. The molecule has 1 fully saturated rings. The zero-order valence-corrected chi connectivity index (χ0v) is 18.7. The van der Waals surface area contributed by atoms with E-state index < -0.39 is 5.97 Å². The fraction of sp³-hybridized carbons (Fsp3) is 0.167. The summed E-state index contributed by atoms with van der Waals surface area (Å²) in [6.45, 7) is 4.60. The van der Waals surface area contributed by atoms with Gasteiger partial charge < -0.3 is 14.4 Å². The maximum Gasteiger partial charge on any atom is 0.335 e. The predicted octanol–water partition coefficient (Wildman–Crippen LogP) is 5.59. The highest BCUT2D eigenvalue weighted by atomic mass is 32.2. The summed E-state index contributed by atoms with van der Waals surface area (Å²) in [5.74, 6) is 0.115. The minimum atomic E-state index is -0.972. The number of furan rings is 1. The summed E-state index contributed by atoms with van der Waals surface area (Å²) in [7, 11) is 0. The zero-order valence-electron chi connectivity index (χ0n) is 17.0. The monoisotopic (exact) mass is 451 g/mol. The average Bonchev–Trinajstić information content (AvgIpc) is 3.30. The van der Waals surface area contributed by atoms with Crippen LogP contribution < -0.4 is 0 Å². The molecule has 0 spiro atoms. The molecule has 1 amide bonds. The Morgan fingerprint density at radius 3 is 2.58 bits per heavy atom. The quantitative estimate of drug-likeness (QED) is 0.391. The first kappa shape index (κ1) is 21.3. The van der Waals surface area contributed by atoms with Gasteiger partial charge in [0.15, 0.2) is 0 Å². The van der Waals surface area contributed by atoms with Gasteiger partial charge in [0, 0.05) is 18.2 Å². The summed E-state index contributed by atoms with van der Waals surface area (Å²) in [5, 5.41) is 9.02. The van der Waals surface area contributed by atoms with E-state index in [-0.39, 0.29) is 16.2 Å². The van der Waals surface area contributed by atoms with Crippen LogP contribution in [0.2, 0.25) is 0 Å². The number of carbonyl (C=O) groups is 2. The molecule has 2 heterocycles. The number of aromatic carboxylic acids is 1. The molecule has 1 aromatic heterocycles. The number of carboxylic acid groups (broad SMARTS) is 1. The first-order valence-corrected chi connectivity index (χ1v) is 11.1. The zero-order chi connectivity index (χ0) is 22.1. The molecule has 31 heavy (non-hydrogen) atoms. The van der Waals surface area contributed by atoms with E-state index >= 15 is 0 Å². The van der Waals surface area contributed by atoms with E-state index in [1.807, 2.05) is 19.9 Å². The van der Waals surface area contributed by atoms with E-state index in [2.05, 4.69) is 24.8 Å². The van der Waals surface area contributed by atoms with E-state index in [1.54, 1.807) is 35.2 Å². The summed E-state index contributed by atoms with van der Waals surface area (Å²) < 4.78 is 5.60. The fourth-order valence-electron chi connectivity index (χ4n) is 3.41. The van der Waals surface area contributed by atoms with Crippen molar-refractivity contribution in [3.8, 4) is 11.3 Å². The van der Waals surface area contributed by atoms with Gasteiger partial charge in [0.05, 0.1) is 10.5 Å². The first-order valence-electron chi connectivity index (χ1n) is 9.69. The predicted molar refractivity (Wildman–Crippen MR) is 126 cm³/mol. The van der Waals surface area contributed by atoms with Crippen LogP contribution in [0.3, 0.4) is 0 Å². The van der Waals surface area contributed by atoms with Crippen LogP contribution in [0.15, 0.2) is 63.9 Å². The van der Waals surface area contributed by atoms with Crippen molar-refractivity contribution in [2.24, 2.45) is 0 Å². The van der Waals surface area contributed by atoms with Crippen molar-refractivity contribution in [2.45, 2.75) is 25.1 Å². The molecule has 0 aliphatic carbocycles. The van der Waals surface area contributed by atoms with Gasteiger partial charge in [-0.2, -0.15) is 0 Å². The molecule has 5 nitrogen and oxygen atoms in total. The topological polar surface area (TPSA) is 70.8 Å². The number of thioether (sulfide) groups is 1. The van der Waals surface area contributed by atoms with Crippen LogP contribution in [-0.4, -0.2) is 26.6 Å². The second-order valence-corrected chi connectivity index (χ2v) is 9.36. The van der Waals surface area contributed by atoms with Crippen molar-refractivity contribution >= 4 is 42.3 Å². The van der Waals surface area contributed by atoms with Gasteiger partial charge in [0.1, 0.15) is 16.2 Å². The van der Waals surface area contributed by atoms with Crippen molar-refractivity contribution in [2.75, 3.05) is 0 Å². The third-order valence-corrected chi connectivity index (χ3v) is 6.73. The number of hydrogen-bond donors (Lipinski definition) is 2. The number of thiol groups is 1. The number of carboxylic acids is 1. The number of rotatable bonds is 5. The third kappa shape index (κ3) is 4.57. The van der Waals surface area contributed by atoms with Crippen LogP contribution in [0.5, 0.6) is 0 Å². The number of amides is 1. The number of benzene rings is 2. The van der Waals surface area contributed by atoms with Crippen molar-refractivity contribution in [3.63, 3.8) is 0 Å². The van der Waals surface area contributed by atoms with E-state index in [1.165, 1.54) is 29.5 Å². The Bertz CT molecular complexity index is 1180. The van der Waals surface area contributed by atoms with Gasteiger partial charge in [0.2, 0.25) is 0 Å². The molecule has 0 radical (unpaired) electrons. The van der Waals surface area contributed by atoms with Gasteiger partial charge >= 0.3 is 5.97 Å². The number of hydrogen-bond acceptors (Lipinski definition) is 5. The highest BCUT2D eigenvalue weighted by Crippen LogP contribution is 2.39. The van der Waals surface area contributed by atoms with Crippen molar-refractivity contribution in [1.82, 2.24) is 4.90 Å². The van der Waals surface area contributed by atoms with E-state index in [0.29, 0.717) is 23.0 Å². The van der Waals surface area contributed by atoms with Crippen LogP contribution in [0.1, 0.15) is 32.8 Å². The van der Waals surface area contributed by atoms with Crippen LogP contribution in [0.4, 0.5) is 0 Å². The largest absolute Gasteiger partial charge is 0.478 e. The summed E-state index contributed by atoms with van der Waals surface area (Å²) in [6.07, 6.45) is 1.73. The molecule has 7 heteroatoms. The van der Waals surface area contributed by atoms with Gasteiger partial charge in [-0.25, -0.2) is 4.79 Å². The summed E-state index contributed by atoms with van der Waals surface area (Å²) in [4.78, 5) is 26.3. The lowest BCUT2D eigenvalue weighted by Gasteiger charge is -2.20. The lowest BCUT2D eigenvalue weighted by Crippen LogP contribution is -2.29. The third-order valence-electron chi connectivity index (χ3n) is 5.13. The maximum atomic E-state index is 13.0. The molecule has 0 saturated carbocycles. The van der Waals surface area contributed by atoms with Crippen LogP contribution in [0, 0.1) is 13.8 Å². The Hall–Kier alpha value is -2.90. The van der Waals surface area contributed by atoms with Crippen LogP contribution in [0.25, 0.3) is 17.4 Å². The fourth-order valence-corrected chi connectivity index (χ4v) is 4.87. The number of carbonyl (C=O) groups excluding carboxylic acids is 1. The minimum absolute atomic E-state index is 0.0752. The minimum Gasteiger partial charge on any atom is -0.478 e. The molecule has 1 atom stereocenters. The van der Waals surface area contributed by atoms with Crippen molar-refractivity contribution in [3.05, 3.63) is 87.5 Å². The molecule has 1 N–H and O–H groups in total. The molecule has 1 aliphatic rings. The second-order valence-electron chi connectivity index (χ2n) is 7.40. The normalized spacial score (nSPS) is 17.5. The van der Waals surface area contributed by atoms with Gasteiger partial charge in [-0.3, -0.25) is 4.79 Å². The summed E-state index contributed by atoms with van der Waals surface area (Å²) in [5.41, 5.74) is 4.43. The highest BCUT2D eigenvalue weighted by molar-refractivity contribution is 8.14. The molecule has 0 bridgehead atoms. The molecule has 2 aromatic carbocycles. The Balaban J connectivity index is 1.52. The lowest BCUT2D eigenvalue weighted by atomic mass is 10.1. The molecule has 1 aliphatic heterocycles. The molecule has 1 saturated heterocycles. The molecule has 3 aromatic rings. The van der Waals surface area contributed by atoms with Crippen molar-refractivity contribution in [1.29, 1.82) is 0 Å². The average molecular weight is 452 g/mol. The highest BCUT2D eigenvalue weighted by Gasteiger charge is 2.34. The SMILES string of the molecule is Cc1ccc(CN2C(=O)/C(=C/c3ccc(-c4ccc(C(=O)O)cc4)o3)SC2S)c(C)c1. The van der Waals surface area contributed by atoms with Crippen LogP contribution in [-0.2, 0) is 11.3 Å². The Kier molecular flexibility index (Phi) is 5.98.